The third kappa shape index (κ3) is 3.10. The number of aromatic nitrogens is 1. The normalized spacial score (nSPS) is 10.7. The van der Waals surface area contributed by atoms with Gasteiger partial charge in [-0.3, -0.25) is 0 Å². The fraction of sp³-hybridized carbons (Fsp3) is 0.400. The number of nitrogens with two attached hydrogens (primary N) is 1. The molecule has 0 atom stereocenters. The predicted molar refractivity (Wildman–Crippen MR) is 58.1 cm³/mol. The minimum atomic E-state index is -2.85. The quantitative estimate of drug-likeness (QED) is 0.669. The van der Waals surface area contributed by atoms with Crippen molar-refractivity contribution in [3.8, 4) is 0 Å². The summed E-state index contributed by atoms with van der Waals surface area (Å²) in [5.41, 5.74) is 4.57. The maximum Gasteiger partial charge on any atom is 0.341 e. The molecule has 0 aliphatic carbocycles. The lowest BCUT2D eigenvalue weighted by atomic mass is 10.1. The number of carbonyl (C=O) groups excluding carboxylic acids is 1. The number of halogens is 3. The fourth-order valence-corrected chi connectivity index (χ4v) is 1.56. The SMILES string of the molecule is CCOC(=O)c1c(C(F)F)cc(CN)nc1Cl. The molecular formula is C10H11ClF2N2O2. The second-order valence-electron chi connectivity index (χ2n) is 3.09. The van der Waals surface area contributed by atoms with E-state index in [1.807, 2.05) is 0 Å². The first kappa shape index (κ1) is 13.8. The number of esters is 1. The Morgan fingerprint density at radius 1 is 1.65 bits per heavy atom. The van der Waals surface area contributed by atoms with Crippen molar-refractivity contribution in [2.24, 2.45) is 5.73 Å². The molecule has 0 bridgehead atoms. The van der Waals surface area contributed by atoms with Crippen LogP contribution in [0.15, 0.2) is 6.07 Å². The van der Waals surface area contributed by atoms with Crippen LogP contribution in [-0.2, 0) is 11.3 Å². The molecule has 0 saturated heterocycles. The number of rotatable bonds is 4. The van der Waals surface area contributed by atoms with Crippen molar-refractivity contribution >= 4 is 17.6 Å². The van der Waals surface area contributed by atoms with E-state index < -0.39 is 23.5 Å². The molecule has 94 valence electrons. The van der Waals surface area contributed by atoms with Crippen LogP contribution in [0.4, 0.5) is 8.78 Å². The summed E-state index contributed by atoms with van der Waals surface area (Å²) < 4.78 is 30.2. The van der Waals surface area contributed by atoms with Crippen molar-refractivity contribution in [3.05, 3.63) is 28.0 Å². The number of hydrogen-bond donors (Lipinski definition) is 1. The summed E-state index contributed by atoms with van der Waals surface area (Å²) in [5, 5.41) is -0.318. The summed E-state index contributed by atoms with van der Waals surface area (Å²) in [7, 11) is 0. The molecule has 1 heterocycles. The molecule has 17 heavy (non-hydrogen) atoms. The number of hydrogen-bond acceptors (Lipinski definition) is 4. The molecule has 0 unspecified atom stereocenters. The monoisotopic (exact) mass is 264 g/mol. The molecule has 0 amide bonds. The van der Waals surface area contributed by atoms with E-state index >= 15 is 0 Å². The van der Waals surface area contributed by atoms with Gasteiger partial charge in [-0.05, 0) is 13.0 Å². The smallest absolute Gasteiger partial charge is 0.341 e. The first-order chi connectivity index (χ1) is 8.01. The van der Waals surface area contributed by atoms with Crippen LogP contribution in [0.25, 0.3) is 0 Å². The van der Waals surface area contributed by atoms with E-state index in [-0.39, 0.29) is 24.0 Å². The number of ether oxygens (including phenoxy) is 1. The van der Waals surface area contributed by atoms with Crippen LogP contribution >= 0.6 is 11.6 Å². The molecule has 0 aliphatic rings. The van der Waals surface area contributed by atoms with Crippen LogP contribution in [0.3, 0.4) is 0 Å². The Balaban J connectivity index is 3.31. The maximum absolute atomic E-state index is 12.8. The third-order valence-electron chi connectivity index (χ3n) is 1.98. The van der Waals surface area contributed by atoms with Gasteiger partial charge in [0.15, 0.2) is 0 Å². The molecular weight excluding hydrogens is 254 g/mol. The van der Waals surface area contributed by atoms with E-state index in [9.17, 15) is 13.6 Å². The highest BCUT2D eigenvalue weighted by Gasteiger charge is 2.24. The van der Waals surface area contributed by atoms with Crippen LogP contribution in [0.2, 0.25) is 5.15 Å². The van der Waals surface area contributed by atoms with Crippen molar-refractivity contribution in [1.29, 1.82) is 0 Å². The summed E-state index contributed by atoms with van der Waals surface area (Å²) >= 11 is 5.69. The van der Waals surface area contributed by atoms with Gasteiger partial charge in [0.2, 0.25) is 0 Å². The summed E-state index contributed by atoms with van der Waals surface area (Å²) in [6.07, 6.45) is -2.85. The van der Waals surface area contributed by atoms with Crippen LogP contribution in [0.5, 0.6) is 0 Å². The zero-order chi connectivity index (χ0) is 13.0. The van der Waals surface area contributed by atoms with Gasteiger partial charge in [-0.15, -0.1) is 0 Å². The molecule has 1 aromatic rings. The van der Waals surface area contributed by atoms with Crippen molar-refractivity contribution < 1.29 is 18.3 Å². The van der Waals surface area contributed by atoms with Crippen molar-refractivity contribution in [2.75, 3.05) is 6.61 Å². The van der Waals surface area contributed by atoms with Crippen LogP contribution in [0, 0.1) is 0 Å². The summed E-state index contributed by atoms with van der Waals surface area (Å²) in [5.74, 6) is -0.913. The van der Waals surface area contributed by atoms with Gasteiger partial charge in [0.25, 0.3) is 6.43 Å². The average molecular weight is 265 g/mol. The second-order valence-corrected chi connectivity index (χ2v) is 3.45. The van der Waals surface area contributed by atoms with Gasteiger partial charge in [0.05, 0.1) is 12.3 Å². The highest BCUT2D eigenvalue weighted by atomic mass is 35.5. The van der Waals surface area contributed by atoms with E-state index in [1.165, 1.54) is 0 Å². The Bertz CT molecular complexity index is 427. The Labute approximate surface area is 102 Å². The van der Waals surface area contributed by atoms with E-state index in [4.69, 9.17) is 17.3 Å². The molecule has 2 N–H and O–H groups in total. The number of nitrogens with zero attached hydrogens (tertiary/aromatic N) is 1. The maximum atomic E-state index is 12.8. The van der Waals surface area contributed by atoms with Gasteiger partial charge >= 0.3 is 5.97 Å². The molecule has 1 aromatic heterocycles. The van der Waals surface area contributed by atoms with Gasteiger partial charge in [0, 0.05) is 12.1 Å². The van der Waals surface area contributed by atoms with E-state index in [2.05, 4.69) is 9.72 Å². The van der Waals surface area contributed by atoms with E-state index in [0.717, 1.165) is 6.07 Å². The van der Waals surface area contributed by atoms with Crippen LogP contribution in [-0.4, -0.2) is 17.6 Å². The first-order valence-corrected chi connectivity index (χ1v) is 5.23. The average Bonchev–Trinajstić information content (AvgIpc) is 2.27. The van der Waals surface area contributed by atoms with Crippen molar-refractivity contribution in [2.45, 2.75) is 19.9 Å². The molecule has 7 heteroatoms. The van der Waals surface area contributed by atoms with Gasteiger partial charge in [-0.1, -0.05) is 11.6 Å². The predicted octanol–water partition coefficient (Wildman–Crippen LogP) is 2.31. The molecule has 0 radical (unpaired) electrons. The third-order valence-corrected chi connectivity index (χ3v) is 2.26. The van der Waals surface area contributed by atoms with Gasteiger partial charge < -0.3 is 10.5 Å². The minimum Gasteiger partial charge on any atom is -0.462 e. The van der Waals surface area contributed by atoms with Crippen molar-refractivity contribution in [1.82, 2.24) is 4.98 Å². The van der Waals surface area contributed by atoms with E-state index in [1.54, 1.807) is 6.92 Å². The van der Waals surface area contributed by atoms with Gasteiger partial charge in [-0.25, -0.2) is 18.6 Å². The molecule has 1 rings (SSSR count). The Morgan fingerprint density at radius 2 is 2.29 bits per heavy atom. The fourth-order valence-electron chi connectivity index (χ4n) is 1.27. The standard InChI is InChI=1S/C10H11ClF2N2O2/c1-2-17-10(16)7-6(9(12)13)3-5(4-14)15-8(7)11/h3,9H,2,4,14H2,1H3. The van der Waals surface area contributed by atoms with Crippen LogP contribution in [0.1, 0.15) is 35.0 Å². The molecule has 0 aromatic carbocycles. The Morgan fingerprint density at radius 3 is 2.76 bits per heavy atom. The molecule has 0 aliphatic heterocycles. The van der Waals surface area contributed by atoms with Crippen LogP contribution < -0.4 is 5.73 Å². The summed E-state index contributed by atoms with van der Waals surface area (Å²) in [4.78, 5) is 15.2. The number of pyridine rings is 1. The van der Waals surface area contributed by atoms with E-state index in [0.29, 0.717) is 0 Å². The van der Waals surface area contributed by atoms with Gasteiger partial charge in [0.1, 0.15) is 10.7 Å². The molecule has 0 fully saturated rings. The van der Waals surface area contributed by atoms with Gasteiger partial charge in [-0.2, -0.15) is 0 Å². The highest BCUT2D eigenvalue weighted by Crippen LogP contribution is 2.28. The lowest BCUT2D eigenvalue weighted by molar-refractivity contribution is 0.0515. The highest BCUT2D eigenvalue weighted by molar-refractivity contribution is 6.32. The zero-order valence-corrected chi connectivity index (χ0v) is 9.80. The minimum absolute atomic E-state index is 0.0391. The van der Waals surface area contributed by atoms with Crippen molar-refractivity contribution in [3.63, 3.8) is 0 Å². The number of carbonyl (C=O) groups is 1. The lowest BCUT2D eigenvalue weighted by Crippen LogP contribution is -2.12. The Kier molecular flexibility index (Phi) is 4.77. The topological polar surface area (TPSA) is 65.2 Å². The first-order valence-electron chi connectivity index (χ1n) is 4.85. The zero-order valence-electron chi connectivity index (χ0n) is 9.04. The largest absolute Gasteiger partial charge is 0.462 e. The molecule has 4 nitrogen and oxygen atoms in total. The number of alkyl halides is 2. The molecule has 0 spiro atoms. The molecule has 0 saturated carbocycles. The Hall–Kier alpha value is -1.27. The second kappa shape index (κ2) is 5.88. The lowest BCUT2D eigenvalue weighted by Gasteiger charge is -2.11. The summed E-state index contributed by atoms with van der Waals surface area (Å²) in [6.45, 7) is 1.59. The summed E-state index contributed by atoms with van der Waals surface area (Å²) in [6, 6.07) is 1.06.